The number of carbonyl (C=O) groups excluding carboxylic acids is 1. The fourth-order valence-corrected chi connectivity index (χ4v) is 3.39. The SMILES string of the molecule is CC1CN(c2ccc(CNC(=O)Cc3ccc(Br)cc3)cn2)CC(C)O1. The third kappa shape index (κ3) is 5.29. The normalized spacial score (nSPS) is 20.0. The number of nitrogens with zero attached hydrogens (tertiary/aromatic N) is 2. The van der Waals surface area contributed by atoms with Crippen LogP contribution in [0.1, 0.15) is 25.0 Å². The second-order valence-corrected chi connectivity index (χ2v) is 7.68. The highest BCUT2D eigenvalue weighted by Crippen LogP contribution is 2.18. The lowest BCUT2D eigenvalue weighted by molar-refractivity contribution is -0.120. The van der Waals surface area contributed by atoms with Crippen molar-refractivity contribution in [3.63, 3.8) is 0 Å². The summed E-state index contributed by atoms with van der Waals surface area (Å²) in [5.41, 5.74) is 1.99. The van der Waals surface area contributed by atoms with Crippen molar-refractivity contribution < 1.29 is 9.53 Å². The Morgan fingerprint density at radius 1 is 1.15 bits per heavy atom. The Labute approximate surface area is 162 Å². The number of ether oxygens (including phenoxy) is 1. The van der Waals surface area contributed by atoms with Gasteiger partial charge >= 0.3 is 0 Å². The number of pyridine rings is 1. The van der Waals surface area contributed by atoms with Crippen LogP contribution in [0.4, 0.5) is 5.82 Å². The van der Waals surface area contributed by atoms with Gasteiger partial charge in [-0.15, -0.1) is 0 Å². The van der Waals surface area contributed by atoms with Crippen LogP contribution < -0.4 is 10.2 Å². The molecule has 1 aromatic heterocycles. The lowest BCUT2D eigenvalue weighted by Gasteiger charge is -2.36. The fourth-order valence-electron chi connectivity index (χ4n) is 3.12. The Balaban J connectivity index is 1.51. The molecule has 0 bridgehead atoms. The Kier molecular flexibility index (Phi) is 6.27. The monoisotopic (exact) mass is 417 g/mol. The Morgan fingerprint density at radius 2 is 1.81 bits per heavy atom. The van der Waals surface area contributed by atoms with E-state index in [1.807, 2.05) is 42.6 Å². The molecule has 2 atom stereocenters. The number of hydrogen-bond donors (Lipinski definition) is 1. The average molecular weight is 418 g/mol. The van der Waals surface area contributed by atoms with E-state index in [4.69, 9.17) is 4.74 Å². The third-order valence-electron chi connectivity index (χ3n) is 4.32. The molecule has 1 amide bonds. The van der Waals surface area contributed by atoms with Crippen molar-refractivity contribution >= 4 is 27.7 Å². The molecule has 1 N–H and O–H groups in total. The molecule has 1 aliphatic rings. The molecule has 1 fully saturated rings. The first-order valence-corrected chi connectivity index (χ1v) is 9.65. The van der Waals surface area contributed by atoms with Gasteiger partial charge in [0.05, 0.1) is 18.6 Å². The number of hydrogen-bond acceptors (Lipinski definition) is 4. The predicted octanol–water partition coefficient (Wildman–Crippen LogP) is 3.32. The quantitative estimate of drug-likeness (QED) is 0.810. The molecule has 3 rings (SSSR count). The van der Waals surface area contributed by atoms with Gasteiger partial charge in [0.15, 0.2) is 0 Å². The van der Waals surface area contributed by atoms with Crippen LogP contribution in [0.15, 0.2) is 47.1 Å². The van der Waals surface area contributed by atoms with E-state index in [9.17, 15) is 4.79 Å². The summed E-state index contributed by atoms with van der Waals surface area (Å²) in [6.07, 6.45) is 2.62. The lowest BCUT2D eigenvalue weighted by Crippen LogP contribution is -2.45. The second-order valence-electron chi connectivity index (χ2n) is 6.77. The van der Waals surface area contributed by atoms with Crippen LogP contribution in [0.2, 0.25) is 0 Å². The van der Waals surface area contributed by atoms with Gasteiger partial charge in [-0.25, -0.2) is 4.98 Å². The molecule has 0 spiro atoms. The summed E-state index contributed by atoms with van der Waals surface area (Å²) in [5.74, 6) is 0.962. The van der Waals surface area contributed by atoms with Gasteiger partial charge in [0, 0.05) is 30.3 Å². The van der Waals surface area contributed by atoms with Crippen molar-refractivity contribution in [1.29, 1.82) is 0 Å². The molecule has 138 valence electrons. The number of carbonyl (C=O) groups is 1. The zero-order chi connectivity index (χ0) is 18.5. The number of benzene rings is 1. The van der Waals surface area contributed by atoms with E-state index in [0.717, 1.165) is 34.5 Å². The van der Waals surface area contributed by atoms with Gasteiger partial charge in [0.25, 0.3) is 0 Å². The number of anilines is 1. The molecule has 1 aromatic carbocycles. The van der Waals surface area contributed by atoms with E-state index in [1.165, 1.54) is 0 Å². The van der Waals surface area contributed by atoms with Gasteiger partial charge in [-0.3, -0.25) is 4.79 Å². The van der Waals surface area contributed by atoms with E-state index in [2.05, 4.69) is 45.0 Å². The number of halogens is 1. The van der Waals surface area contributed by atoms with Crippen LogP contribution in [0.5, 0.6) is 0 Å². The number of morpholine rings is 1. The molecular weight excluding hydrogens is 394 g/mol. The first-order valence-electron chi connectivity index (χ1n) is 8.86. The third-order valence-corrected chi connectivity index (χ3v) is 4.85. The minimum absolute atomic E-state index is 0.00669. The van der Waals surface area contributed by atoms with Crippen LogP contribution in [0, 0.1) is 0 Å². The molecule has 2 aromatic rings. The Hall–Kier alpha value is -1.92. The molecule has 1 saturated heterocycles. The highest BCUT2D eigenvalue weighted by molar-refractivity contribution is 9.10. The lowest BCUT2D eigenvalue weighted by atomic mass is 10.1. The van der Waals surface area contributed by atoms with Crippen LogP contribution >= 0.6 is 15.9 Å². The maximum atomic E-state index is 12.1. The summed E-state index contributed by atoms with van der Waals surface area (Å²) in [6.45, 7) is 6.34. The maximum absolute atomic E-state index is 12.1. The molecule has 2 unspecified atom stereocenters. The summed E-state index contributed by atoms with van der Waals surface area (Å²) in [4.78, 5) is 18.9. The van der Waals surface area contributed by atoms with Gasteiger partial charge in [0.1, 0.15) is 5.82 Å². The largest absolute Gasteiger partial charge is 0.372 e. The molecule has 26 heavy (non-hydrogen) atoms. The summed E-state index contributed by atoms with van der Waals surface area (Å²) >= 11 is 3.40. The second kappa shape index (κ2) is 8.64. The Morgan fingerprint density at radius 3 is 2.42 bits per heavy atom. The fraction of sp³-hybridized carbons (Fsp3) is 0.400. The average Bonchev–Trinajstić information content (AvgIpc) is 2.61. The zero-order valence-electron chi connectivity index (χ0n) is 15.1. The summed E-state index contributed by atoms with van der Waals surface area (Å²) in [7, 11) is 0. The molecule has 6 heteroatoms. The molecular formula is C20H24BrN3O2. The number of nitrogens with one attached hydrogen (secondary N) is 1. The number of amides is 1. The molecule has 0 radical (unpaired) electrons. The van der Waals surface area contributed by atoms with Crippen molar-refractivity contribution in [1.82, 2.24) is 10.3 Å². The van der Waals surface area contributed by atoms with Crippen LogP contribution in [-0.2, 0) is 22.5 Å². The minimum atomic E-state index is 0.00669. The Bertz CT molecular complexity index is 724. The van der Waals surface area contributed by atoms with Crippen molar-refractivity contribution in [3.05, 3.63) is 58.2 Å². The molecule has 5 nitrogen and oxygen atoms in total. The number of rotatable bonds is 5. The van der Waals surface area contributed by atoms with Crippen LogP contribution in [-0.4, -0.2) is 36.2 Å². The summed E-state index contributed by atoms with van der Waals surface area (Å²) in [6, 6.07) is 11.8. The van der Waals surface area contributed by atoms with Crippen molar-refractivity contribution in [2.45, 2.75) is 39.0 Å². The van der Waals surface area contributed by atoms with Crippen LogP contribution in [0.25, 0.3) is 0 Å². The predicted molar refractivity (Wildman–Crippen MR) is 106 cm³/mol. The summed E-state index contributed by atoms with van der Waals surface area (Å²) in [5, 5.41) is 2.95. The minimum Gasteiger partial charge on any atom is -0.372 e. The van der Waals surface area contributed by atoms with E-state index in [-0.39, 0.29) is 18.1 Å². The van der Waals surface area contributed by atoms with Gasteiger partial charge < -0.3 is 15.0 Å². The first kappa shape index (κ1) is 18.9. The van der Waals surface area contributed by atoms with Crippen molar-refractivity contribution in [2.24, 2.45) is 0 Å². The maximum Gasteiger partial charge on any atom is 0.224 e. The van der Waals surface area contributed by atoms with E-state index in [1.54, 1.807) is 0 Å². The molecule has 2 heterocycles. The topological polar surface area (TPSA) is 54.5 Å². The summed E-state index contributed by atoms with van der Waals surface area (Å²) < 4.78 is 6.77. The highest BCUT2D eigenvalue weighted by atomic mass is 79.9. The van der Waals surface area contributed by atoms with Gasteiger partial charge in [0.2, 0.25) is 5.91 Å². The zero-order valence-corrected chi connectivity index (χ0v) is 16.7. The standard InChI is InChI=1S/C20H24BrN3O2/c1-14-12-24(13-15(2)26-14)19-8-5-17(10-22-19)11-23-20(25)9-16-3-6-18(21)7-4-16/h3-8,10,14-15H,9,11-13H2,1-2H3,(H,23,25). The van der Waals surface area contributed by atoms with Crippen molar-refractivity contribution in [2.75, 3.05) is 18.0 Å². The number of aromatic nitrogens is 1. The smallest absolute Gasteiger partial charge is 0.224 e. The molecule has 1 aliphatic heterocycles. The van der Waals surface area contributed by atoms with Gasteiger partial charge in [-0.05, 0) is 43.2 Å². The van der Waals surface area contributed by atoms with Gasteiger partial charge in [-0.1, -0.05) is 34.1 Å². The molecule has 0 saturated carbocycles. The van der Waals surface area contributed by atoms with E-state index < -0.39 is 0 Å². The van der Waals surface area contributed by atoms with Crippen molar-refractivity contribution in [3.8, 4) is 0 Å². The first-order chi connectivity index (χ1) is 12.5. The highest BCUT2D eigenvalue weighted by Gasteiger charge is 2.22. The van der Waals surface area contributed by atoms with Gasteiger partial charge in [-0.2, -0.15) is 0 Å². The van der Waals surface area contributed by atoms with E-state index >= 15 is 0 Å². The van der Waals surface area contributed by atoms with E-state index in [0.29, 0.717) is 13.0 Å². The van der Waals surface area contributed by atoms with Crippen LogP contribution in [0.3, 0.4) is 0 Å². The molecule has 0 aliphatic carbocycles.